The van der Waals surface area contributed by atoms with Crippen LogP contribution in [0.2, 0.25) is 0 Å². The molecule has 104 valence electrons. The minimum atomic E-state index is -0.252. The molecule has 1 heterocycles. The molecule has 0 aliphatic rings. The number of nitrogens with one attached hydrogen (secondary N) is 1. The van der Waals surface area contributed by atoms with E-state index >= 15 is 0 Å². The van der Waals surface area contributed by atoms with Gasteiger partial charge in [-0.05, 0) is 40.5 Å². The second-order valence-corrected chi connectivity index (χ2v) is 5.03. The van der Waals surface area contributed by atoms with Gasteiger partial charge in [0.1, 0.15) is 11.4 Å². The number of amides is 1. The van der Waals surface area contributed by atoms with Crippen LogP contribution in [0.1, 0.15) is 29.0 Å². The lowest BCUT2D eigenvalue weighted by Crippen LogP contribution is -2.27. The van der Waals surface area contributed by atoms with Crippen molar-refractivity contribution in [3.8, 4) is 5.75 Å². The lowest BCUT2D eigenvalue weighted by molar-refractivity contribution is 0.0934. The van der Waals surface area contributed by atoms with E-state index in [1.165, 1.54) is 18.6 Å². The number of aromatic nitrogens is 2. The molecular weight excluding hydrogens is 322 g/mol. The summed E-state index contributed by atoms with van der Waals surface area (Å²) < 4.78 is 6.02. The molecule has 20 heavy (non-hydrogen) atoms. The van der Waals surface area contributed by atoms with Crippen molar-refractivity contribution >= 4 is 21.8 Å². The van der Waals surface area contributed by atoms with Gasteiger partial charge in [-0.15, -0.1) is 0 Å². The second kappa shape index (κ2) is 6.47. The van der Waals surface area contributed by atoms with Gasteiger partial charge in [0, 0.05) is 12.4 Å². The Morgan fingerprint density at radius 1 is 1.40 bits per heavy atom. The van der Waals surface area contributed by atoms with Gasteiger partial charge in [-0.3, -0.25) is 9.78 Å². The third-order valence-electron chi connectivity index (χ3n) is 2.82. The topological polar surface area (TPSA) is 64.1 Å². The molecule has 0 aliphatic heterocycles. The van der Waals surface area contributed by atoms with Crippen molar-refractivity contribution < 1.29 is 9.53 Å². The summed E-state index contributed by atoms with van der Waals surface area (Å²) in [5.41, 5.74) is 1.27. The van der Waals surface area contributed by atoms with Crippen LogP contribution in [0, 0.1) is 0 Å². The first-order chi connectivity index (χ1) is 9.61. The number of hydrogen-bond acceptors (Lipinski definition) is 4. The van der Waals surface area contributed by atoms with Gasteiger partial charge in [0.2, 0.25) is 0 Å². The number of hydrogen-bond donors (Lipinski definition) is 1. The number of benzene rings is 1. The van der Waals surface area contributed by atoms with Crippen LogP contribution in [0.3, 0.4) is 0 Å². The highest BCUT2D eigenvalue weighted by molar-refractivity contribution is 9.10. The summed E-state index contributed by atoms with van der Waals surface area (Å²) in [6, 6.07) is 5.53. The Balaban J connectivity index is 2.10. The van der Waals surface area contributed by atoms with Crippen LogP contribution in [-0.4, -0.2) is 23.0 Å². The van der Waals surface area contributed by atoms with Crippen LogP contribution in [0.5, 0.6) is 5.75 Å². The number of halogens is 1. The van der Waals surface area contributed by atoms with E-state index in [-0.39, 0.29) is 11.9 Å². The molecule has 1 atom stereocenters. The summed E-state index contributed by atoms with van der Waals surface area (Å²) in [7, 11) is 1.61. The quantitative estimate of drug-likeness (QED) is 0.932. The zero-order valence-corrected chi connectivity index (χ0v) is 12.7. The van der Waals surface area contributed by atoms with Gasteiger partial charge in [0.15, 0.2) is 0 Å². The van der Waals surface area contributed by atoms with Crippen LogP contribution in [0.4, 0.5) is 0 Å². The molecule has 1 aromatic carbocycles. The molecule has 0 aliphatic carbocycles. The van der Waals surface area contributed by atoms with E-state index < -0.39 is 0 Å². The standard InChI is InChI=1S/C14H14BrN3O2/c1-9(10-3-4-13(20-2)11(15)7-10)18-14(19)12-8-16-5-6-17-12/h3-9H,1-2H3,(H,18,19)/t9-/m0/s1. The van der Waals surface area contributed by atoms with Crippen LogP contribution < -0.4 is 10.1 Å². The van der Waals surface area contributed by atoms with Crippen molar-refractivity contribution in [3.05, 3.63) is 52.5 Å². The van der Waals surface area contributed by atoms with Gasteiger partial charge in [0.25, 0.3) is 5.91 Å². The molecule has 1 N–H and O–H groups in total. The van der Waals surface area contributed by atoms with E-state index in [2.05, 4.69) is 31.2 Å². The normalized spacial score (nSPS) is 11.8. The Labute approximate surface area is 125 Å². The number of carbonyl (C=O) groups excluding carboxylic acids is 1. The maximum Gasteiger partial charge on any atom is 0.271 e. The van der Waals surface area contributed by atoms with Gasteiger partial charge in [-0.25, -0.2) is 4.98 Å². The molecule has 2 rings (SSSR count). The van der Waals surface area contributed by atoms with Gasteiger partial charge in [-0.2, -0.15) is 0 Å². The highest BCUT2D eigenvalue weighted by atomic mass is 79.9. The molecular formula is C14H14BrN3O2. The van der Waals surface area contributed by atoms with Crippen molar-refractivity contribution in [2.75, 3.05) is 7.11 Å². The Bertz CT molecular complexity index is 605. The van der Waals surface area contributed by atoms with Crippen LogP contribution >= 0.6 is 15.9 Å². The second-order valence-electron chi connectivity index (χ2n) is 4.18. The molecule has 0 unspecified atom stereocenters. The fourth-order valence-electron chi connectivity index (χ4n) is 1.72. The molecule has 0 saturated carbocycles. The Morgan fingerprint density at radius 3 is 2.80 bits per heavy atom. The van der Waals surface area contributed by atoms with E-state index in [1.54, 1.807) is 7.11 Å². The number of rotatable bonds is 4. The van der Waals surface area contributed by atoms with E-state index in [4.69, 9.17) is 4.74 Å². The minimum absolute atomic E-state index is 0.147. The minimum Gasteiger partial charge on any atom is -0.496 e. The van der Waals surface area contributed by atoms with Crippen molar-refractivity contribution in [2.45, 2.75) is 13.0 Å². The van der Waals surface area contributed by atoms with Crippen LogP contribution in [0.15, 0.2) is 41.3 Å². The van der Waals surface area contributed by atoms with Gasteiger partial charge in [0.05, 0.1) is 23.8 Å². The predicted molar refractivity (Wildman–Crippen MR) is 78.6 cm³/mol. The zero-order chi connectivity index (χ0) is 14.5. The monoisotopic (exact) mass is 335 g/mol. The fourth-order valence-corrected chi connectivity index (χ4v) is 2.28. The maximum atomic E-state index is 12.0. The average molecular weight is 336 g/mol. The SMILES string of the molecule is COc1ccc([C@H](C)NC(=O)c2cnccn2)cc1Br. The molecule has 6 heteroatoms. The van der Waals surface area contributed by atoms with Crippen LogP contribution in [-0.2, 0) is 0 Å². The van der Waals surface area contributed by atoms with E-state index in [0.717, 1.165) is 15.8 Å². The number of nitrogens with zero attached hydrogens (tertiary/aromatic N) is 2. The summed E-state index contributed by atoms with van der Waals surface area (Å²) in [6.45, 7) is 1.91. The highest BCUT2D eigenvalue weighted by Gasteiger charge is 2.13. The largest absolute Gasteiger partial charge is 0.496 e. The molecule has 5 nitrogen and oxygen atoms in total. The van der Waals surface area contributed by atoms with Gasteiger partial charge < -0.3 is 10.1 Å². The van der Waals surface area contributed by atoms with Crippen molar-refractivity contribution in [1.29, 1.82) is 0 Å². The number of methoxy groups -OCH3 is 1. The van der Waals surface area contributed by atoms with E-state index in [0.29, 0.717) is 5.69 Å². The van der Waals surface area contributed by atoms with E-state index in [1.807, 2.05) is 25.1 Å². The number of carbonyl (C=O) groups is 1. The zero-order valence-electron chi connectivity index (χ0n) is 11.1. The molecule has 0 bridgehead atoms. The summed E-state index contributed by atoms with van der Waals surface area (Å²) >= 11 is 3.43. The van der Waals surface area contributed by atoms with Gasteiger partial charge in [-0.1, -0.05) is 6.07 Å². The average Bonchev–Trinajstić information content (AvgIpc) is 2.48. The molecule has 1 aromatic heterocycles. The summed E-state index contributed by atoms with van der Waals surface area (Å²) in [5, 5.41) is 2.87. The molecule has 0 spiro atoms. The van der Waals surface area contributed by atoms with Crippen LogP contribution in [0.25, 0.3) is 0 Å². The Kier molecular flexibility index (Phi) is 4.68. The highest BCUT2D eigenvalue weighted by Crippen LogP contribution is 2.27. The molecule has 0 fully saturated rings. The third kappa shape index (κ3) is 3.33. The molecule has 2 aromatic rings. The lowest BCUT2D eigenvalue weighted by Gasteiger charge is -2.15. The van der Waals surface area contributed by atoms with Gasteiger partial charge >= 0.3 is 0 Å². The first-order valence-corrected chi connectivity index (χ1v) is 6.81. The fraction of sp³-hybridized carbons (Fsp3) is 0.214. The Morgan fingerprint density at radius 2 is 2.20 bits per heavy atom. The third-order valence-corrected chi connectivity index (χ3v) is 3.44. The maximum absolute atomic E-state index is 12.0. The summed E-state index contributed by atoms with van der Waals surface area (Å²) in [5.74, 6) is 0.499. The number of ether oxygens (including phenoxy) is 1. The lowest BCUT2D eigenvalue weighted by atomic mass is 10.1. The summed E-state index contributed by atoms with van der Waals surface area (Å²) in [6.07, 6.45) is 4.45. The Hall–Kier alpha value is -1.95. The van der Waals surface area contributed by atoms with Crippen molar-refractivity contribution in [2.24, 2.45) is 0 Å². The molecule has 1 amide bonds. The first kappa shape index (κ1) is 14.5. The van der Waals surface area contributed by atoms with Crippen molar-refractivity contribution in [1.82, 2.24) is 15.3 Å². The van der Waals surface area contributed by atoms with Crippen molar-refractivity contribution in [3.63, 3.8) is 0 Å². The van der Waals surface area contributed by atoms with E-state index in [9.17, 15) is 4.79 Å². The predicted octanol–water partition coefficient (Wildman–Crippen LogP) is 2.74. The smallest absolute Gasteiger partial charge is 0.271 e. The summed E-state index contributed by atoms with van der Waals surface area (Å²) in [4.78, 5) is 19.8. The first-order valence-electron chi connectivity index (χ1n) is 6.02. The molecule has 0 saturated heterocycles. The molecule has 0 radical (unpaired) electrons.